The van der Waals surface area contributed by atoms with E-state index in [0.717, 1.165) is 0 Å². The largest absolute Gasteiger partial charge is 0.465 e. The van der Waals surface area contributed by atoms with E-state index in [9.17, 15) is 14.4 Å². The molecule has 0 bridgehead atoms. The number of aromatic nitrogens is 1. The molecule has 3 rings (SSSR count). The second-order valence-electron chi connectivity index (χ2n) is 6.50. The highest BCUT2D eigenvalue weighted by Crippen LogP contribution is 2.39. The van der Waals surface area contributed by atoms with Gasteiger partial charge in [-0.25, -0.2) is 9.78 Å². The van der Waals surface area contributed by atoms with Crippen LogP contribution >= 0.6 is 23.2 Å². The highest BCUT2D eigenvalue weighted by molar-refractivity contribution is 6.36. The predicted molar refractivity (Wildman–Crippen MR) is 108 cm³/mol. The van der Waals surface area contributed by atoms with E-state index in [4.69, 9.17) is 28.3 Å². The molecule has 2 heterocycles. The molecule has 0 saturated heterocycles. The fraction of sp³-hybridized carbons (Fsp3) is 0.263. The number of likely N-dealkylation sites (N-methyl/N-ethyl adjacent to an activating group) is 1. The Labute approximate surface area is 176 Å². The molecule has 3 amide bonds. The monoisotopic (exact) mass is 436 g/mol. The number of amides is 3. The van der Waals surface area contributed by atoms with Gasteiger partial charge in [-0.15, -0.1) is 0 Å². The molecule has 2 aromatic rings. The quantitative estimate of drug-likeness (QED) is 0.666. The smallest absolute Gasteiger partial charge is 0.404 e. The number of rotatable bonds is 5. The van der Waals surface area contributed by atoms with Crippen molar-refractivity contribution in [2.45, 2.75) is 20.0 Å². The molecule has 10 heteroatoms. The molecular formula is C19H18Cl2N4O4. The number of hydrogen-bond donors (Lipinski definition) is 3. The van der Waals surface area contributed by atoms with Crippen molar-refractivity contribution in [2.75, 3.05) is 13.6 Å². The van der Waals surface area contributed by atoms with Gasteiger partial charge in [0.05, 0.1) is 0 Å². The van der Waals surface area contributed by atoms with Crippen LogP contribution in [0.2, 0.25) is 10.0 Å². The number of fused-ring (bicyclic) bond motifs is 1. The van der Waals surface area contributed by atoms with Crippen LogP contribution in [0.25, 0.3) is 11.1 Å². The van der Waals surface area contributed by atoms with Gasteiger partial charge in [-0.1, -0.05) is 29.3 Å². The number of pyridine rings is 1. The molecule has 8 nitrogen and oxygen atoms in total. The molecule has 1 aliphatic rings. The van der Waals surface area contributed by atoms with Crippen molar-refractivity contribution in [3.63, 3.8) is 0 Å². The molecule has 1 aliphatic heterocycles. The van der Waals surface area contributed by atoms with Gasteiger partial charge >= 0.3 is 6.09 Å². The van der Waals surface area contributed by atoms with Crippen molar-refractivity contribution in [1.29, 1.82) is 0 Å². The van der Waals surface area contributed by atoms with Gasteiger partial charge in [-0.2, -0.15) is 0 Å². The average molecular weight is 437 g/mol. The van der Waals surface area contributed by atoms with E-state index >= 15 is 0 Å². The summed E-state index contributed by atoms with van der Waals surface area (Å²) in [7, 11) is 1.49. The van der Waals surface area contributed by atoms with E-state index < -0.39 is 6.09 Å². The number of nitrogens with zero attached hydrogens (tertiary/aromatic N) is 2. The average Bonchev–Trinajstić information content (AvgIpc) is 2.95. The number of benzene rings is 1. The van der Waals surface area contributed by atoms with Crippen molar-refractivity contribution in [1.82, 2.24) is 20.5 Å². The molecule has 0 saturated carbocycles. The summed E-state index contributed by atoms with van der Waals surface area (Å²) in [5, 5.41) is 14.7. The molecule has 0 unspecified atom stereocenters. The highest BCUT2D eigenvalue weighted by Gasteiger charge is 2.34. The van der Waals surface area contributed by atoms with Gasteiger partial charge < -0.3 is 20.6 Å². The van der Waals surface area contributed by atoms with Gasteiger partial charge in [0.25, 0.3) is 5.91 Å². The zero-order chi connectivity index (χ0) is 21.3. The van der Waals surface area contributed by atoms with E-state index in [1.807, 2.05) is 0 Å². The minimum absolute atomic E-state index is 0.0145. The zero-order valence-corrected chi connectivity index (χ0v) is 17.2. The summed E-state index contributed by atoms with van der Waals surface area (Å²) in [4.78, 5) is 41.5. The number of carbonyl (C=O) groups is 3. The number of carbonyl (C=O) groups excluding carboxylic acids is 2. The van der Waals surface area contributed by atoms with E-state index in [1.54, 1.807) is 25.1 Å². The number of halogens is 2. The second kappa shape index (κ2) is 8.26. The van der Waals surface area contributed by atoms with Crippen LogP contribution in [0.4, 0.5) is 4.79 Å². The van der Waals surface area contributed by atoms with Gasteiger partial charge in [0.2, 0.25) is 5.91 Å². The Kier molecular flexibility index (Phi) is 5.95. The third-order valence-corrected chi connectivity index (χ3v) is 5.22. The first-order valence-corrected chi connectivity index (χ1v) is 9.43. The van der Waals surface area contributed by atoms with E-state index in [2.05, 4.69) is 15.6 Å². The predicted octanol–water partition coefficient (Wildman–Crippen LogP) is 2.83. The van der Waals surface area contributed by atoms with Crippen LogP contribution in [0.1, 0.15) is 27.3 Å². The molecule has 29 heavy (non-hydrogen) atoms. The Morgan fingerprint density at radius 3 is 2.66 bits per heavy atom. The third-order valence-electron chi connectivity index (χ3n) is 4.67. The van der Waals surface area contributed by atoms with E-state index in [-0.39, 0.29) is 37.1 Å². The van der Waals surface area contributed by atoms with Crippen LogP contribution in [-0.2, 0) is 17.9 Å². The zero-order valence-electron chi connectivity index (χ0n) is 15.7. The summed E-state index contributed by atoms with van der Waals surface area (Å²) >= 11 is 12.4. The lowest BCUT2D eigenvalue weighted by Crippen LogP contribution is -2.35. The fourth-order valence-corrected chi connectivity index (χ4v) is 3.81. The number of hydrogen-bond acceptors (Lipinski definition) is 4. The van der Waals surface area contributed by atoms with Crippen LogP contribution in [-0.4, -0.2) is 46.5 Å². The lowest BCUT2D eigenvalue weighted by atomic mass is 9.93. The Morgan fingerprint density at radius 2 is 2.03 bits per heavy atom. The molecule has 152 valence electrons. The highest BCUT2D eigenvalue weighted by atomic mass is 35.5. The van der Waals surface area contributed by atoms with E-state index in [1.165, 1.54) is 11.9 Å². The SMILES string of the molecule is CNC(=O)CN1Cc2c(nc(C)c(CNC(=O)O)c2-c2ccc(Cl)cc2Cl)C1=O. The van der Waals surface area contributed by atoms with Gasteiger partial charge in [0, 0.05) is 52.6 Å². The second-order valence-corrected chi connectivity index (χ2v) is 7.34. The maximum Gasteiger partial charge on any atom is 0.404 e. The van der Waals surface area contributed by atoms with Crippen molar-refractivity contribution in [2.24, 2.45) is 0 Å². The van der Waals surface area contributed by atoms with Crippen LogP contribution in [0, 0.1) is 6.92 Å². The number of nitrogens with one attached hydrogen (secondary N) is 2. The summed E-state index contributed by atoms with van der Waals surface area (Å²) in [6.45, 7) is 1.73. The van der Waals surface area contributed by atoms with Gasteiger partial charge in [0.15, 0.2) is 0 Å². The molecular weight excluding hydrogens is 419 g/mol. The minimum atomic E-state index is -1.18. The summed E-state index contributed by atoms with van der Waals surface area (Å²) in [6, 6.07) is 4.96. The van der Waals surface area contributed by atoms with Gasteiger partial charge in [-0.3, -0.25) is 9.59 Å². The maximum absolute atomic E-state index is 12.8. The first kappa shape index (κ1) is 20.9. The first-order chi connectivity index (χ1) is 13.7. The normalized spacial score (nSPS) is 12.7. The van der Waals surface area contributed by atoms with Crippen LogP contribution in [0.5, 0.6) is 0 Å². The van der Waals surface area contributed by atoms with Gasteiger partial charge in [-0.05, 0) is 24.6 Å². The Hall–Kier alpha value is -2.84. The molecule has 3 N–H and O–H groups in total. The Morgan fingerprint density at radius 1 is 1.31 bits per heavy atom. The summed E-state index contributed by atoms with van der Waals surface area (Å²) in [5.41, 5.74) is 3.14. The third kappa shape index (κ3) is 4.13. The van der Waals surface area contributed by atoms with E-state index in [0.29, 0.717) is 38.0 Å². The molecule has 0 fully saturated rings. The summed E-state index contributed by atoms with van der Waals surface area (Å²) < 4.78 is 0. The van der Waals surface area contributed by atoms with Crippen LogP contribution < -0.4 is 10.6 Å². The van der Waals surface area contributed by atoms with Crippen LogP contribution in [0.15, 0.2) is 18.2 Å². The fourth-order valence-electron chi connectivity index (χ4n) is 3.31. The van der Waals surface area contributed by atoms with Crippen molar-refractivity contribution >= 4 is 41.1 Å². The van der Waals surface area contributed by atoms with Crippen molar-refractivity contribution < 1.29 is 19.5 Å². The van der Waals surface area contributed by atoms with Crippen LogP contribution in [0.3, 0.4) is 0 Å². The molecule has 0 aliphatic carbocycles. The lowest BCUT2D eigenvalue weighted by molar-refractivity contribution is -0.121. The molecule has 1 aromatic heterocycles. The Balaban J connectivity index is 2.19. The summed E-state index contributed by atoms with van der Waals surface area (Å²) in [5.74, 6) is -0.669. The standard InChI is InChI=1S/C19H18Cl2N4O4/c1-9-12(6-23-19(28)29)16(11-4-3-10(20)5-14(11)21)13-7-25(8-15(26)22-2)18(27)17(13)24-9/h3-5,23H,6-8H2,1-2H3,(H,22,26)(H,28,29). The van der Waals surface area contributed by atoms with Crippen molar-refractivity contribution in [3.8, 4) is 11.1 Å². The molecule has 1 aromatic carbocycles. The number of aryl methyl sites for hydroxylation is 1. The Bertz CT molecular complexity index is 1030. The lowest BCUT2D eigenvalue weighted by Gasteiger charge is -2.18. The van der Waals surface area contributed by atoms with Crippen molar-refractivity contribution in [3.05, 3.63) is 50.8 Å². The van der Waals surface area contributed by atoms with Gasteiger partial charge in [0.1, 0.15) is 12.2 Å². The number of carboxylic acid groups (broad SMARTS) is 1. The maximum atomic E-state index is 12.8. The molecule has 0 atom stereocenters. The topological polar surface area (TPSA) is 112 Å². The molecule has 0 spiro atoms. The minimum Gasteiger partial charge on any atom is -0.465 e. The summed E-state index contributed by atoms with van der Waals surface area (Å²) in [6.07, 6.45) is -1.18. The first-order valence-electron chi connectivity index (χ1n) is 8.67. The molecule has 0 radical (unpaired) electrons.